The average molecular weight is 247 g/mol. The van der Waals surface area contributed by atoms with Crippen molar-refractivity contribution in [2.24, 2.45) is 5.73 Å². The van der Waals surface area contributed by atoms with Gasteiger partial charge in [-0.1, -0.05) is 5.16 Å². The van der Waals surface area contributed by atoms with Crippen LogP contribution in [0.4, 0.5) is 22.0 Å². The summed E-state index contributed by atoms with van der Waals surface area (Å²) in [6.07, 6.45) is -5.83. The lowest BCUT2D eigenvalue weighted by Gasteiger charge is -2.14. The Hall–Kier alpha value is -1.29. The molecule has 0 aliphatic carbocycles. The highest BCUT2D eigenvalue weighted by atomic mass is 19.4. The Morgan fingerprint density at radius 2 is 1.88 bits per heavy atom. The van der Waals surface area contributed by atoms with Crippen molar-refractivity contribution in [3.63, 3.8) is 0 Å². The molecule has 1 atom stereocenters. The average Bonchev–Trinajstić information content (AvgIpc) is 2.64. The molecule has 1 heterocycles. The number of rotatable bonds is 3. The molecule has 0 radical (unpaired) electrons. The van der Waals surface area contributed by atoms with E-state index in [2.05, 4.69) is 14.7 Å². The maximum Gasteiger partial charge on any atom is 0.463 e. The Morgan fingerprint density at radius 1 is 1.31 bits per heavy atom. The maximum atomic E-state index is 12.6. The monoisotopic (exact) mass is 247 g/mol. The van der Waals surface area contributed by atoms with Gasteiger partial charge in [0.15, 0.2) is 5.82 Å². The van der Waals surface area contributed by atoms with Gasteiger partial charge in [-0.3, -0.25) is 0 Å². The zero-order valence-corrected chi connectivity index (χ0v) is 7.50. The van der Waals surface area contributed by atoms with E-state index in [9.17, 15) is 22.0 Å². The molecular formula is C6H6F5N3O2. The van der Waals surface area contributed by atoms with E-state index in [1.165, 1.54) is 0 Å². The van der Waals surface area contributed by atoms with E-state index in [0.717, 1.165) is 0 Å². The van der Waals surface area contributed by atoms with Gasteiger partial charge in [0.1, 0.15) is 0 Å². The minimum absolute atomic E-state index is 0.624. The van der Waals surface area contributed by atoms with E-state index in [-0.39, 0.29) is 0 Å². The predicted molar refractivity (Wildman–Crippen MR) is 38.3 cm³/mol. The van der Waals surface area contributed by atoms with Crippen LogP contribution in [0.1, 0.15) is 17.8 Å². The summed E-state index contributed by atoms with van der Waals surface area (Å²) in [4.78, 5) is 2.79. The topological polar surface area (TPSA) is 85.2 Å². The highest BCUT2D eigenvalue weighted by molar-refractivity contribution is 5.00. The van der Waals surface area contributed by atoms with Crippen LogP contribution in [-0.4, -0.2) is 28.0 Å². The Labute approximate surface area is 85.0 Å². The molecule has 1 rings (SSSR count). The second-order valence-corrected chi connectivity index (χ2v) is 2.82. The molecule has 0 saturated heterocycles. The summed E-state index contributed by atoms with van der Waals surface area (Å²) in [6, 6.07) is -1.28. The highest BCUT2D eigenvalue weighted by Crippen LogP contribution is 2.43. The van der Waals surface area contributed by atoms with E-state index >= 15 is 0 Å². The van der Waals surface area contributed by atoms with Crippen LogP contribution in [-0.2, 0) is 5.92 Å². The van der Waals surface area contributed by atoms with Crippen molar-refractivity contribution < 1.29 is 31.6 Å². The number of halogens is 5. The molecule has 0 fully saturated rings. The number of nitrogens with two attached hydrogens (primary N) is 1. The molecule has 0 aliphatic rings. The largest absolute Gasteiger partial charge is 0.463 e. The lowest BCUT2D eigenvalue weighted by molar-refractivity contribution is -0.298. The minimum atomic E-state index is -5.83. The molecule has 16 heavy (non-hydrogen) atoms. The van der Waals surface area contributed by atoms with Gasteiger partial charge in [0.25, 0.3) is 0 Å². The molecule has 3 N–H and O–H groups in total. The van der Waals surface area contributed by atoms with Crippen molar-refractivity contribution >= 4 is 0 Å². The van der Waals surface area contributed by atoms with Gasteiger partial charge in [0.05, 0.1) is 12.6 Å². The number of aromatic nitrogens is 2. The van der Waals surface area contributed by atoms with Crippen LogP contribution in [0.2, 0.25) is 0 Å². The van der Waals surface area contributed by atoms with Crippen molar-refractivity contribution in [3.05, 3.63) is 11.7 Å². The smallest absolute Gasteiger partial charge is 0.394 e. The number of aliphatic hydroxyl groups excluding tert-OH is 1. The normalized spacial score (nSPS) is 15.2. The number of hydrogen-bond donors (Lipinski definition) is 2. The molecule has 5 nitrogen and oxygen atoms in total. The number of alkyl halides is 5. The summed E-state index contributed by atoms with van der Waals surface area (Å²) in [6.45, 7) is -0.712. The van der Waals surface area contributed by atoms with Gasteiger partial charge >= 0.3 is 18.0 Å². The third-order valence-electron chi connectivity index (χ3n) is 1.59. The summed E-state index contributed by atoms with van der Waals surface area (Å²) in [5.41, 5.74) is 5.10. The fraction of sp³-hybridized carbons (Fsp3) is 0.667. The minimum Gasteiger partial charge on any atom is -0.394 e. The van der Waals surface area contributed by atoms with Crippen LogP contribution in [0, 0.1) is 0 Å². The van der Waals surface area contributed by atoms with Crippen molar-refractivity contribution in [1.29, 1.82) is 0 Å². The van der Waals surface area contributed by atoms with Crippen LogP contribution in [0.3, 0.4) is 0 Å². The van der Waals surface area contributed by atoms with Gasteiger partial charge in [-0.15, -0.1) is 0 Å². The molecule has 0 bridgehead atoms. The fourth-order valence-electron chi connectivity index (χ4n) is 0.716. The third kappa shape index (κ3) is 2.11. The van der Waals surface area contributed by atoms with Gasteiger partial charge in [-0.05, 0) is 0 Å². The van der Waals surface area contributed by atoms with Crippen molar-refractivity contribution in [3.8, 4) is 0 Å². The molecule has 0 saturated carbocycles. The quantitative estimate of drug-likeness (QED) is 0.768. The molecular weight excluding hydrogens is 241 g/mol. The van der Waals surface area contributed by atoms with Gasteiger partial charge in [-0.25, -0.2) is 0 Å². The number of aliphatic hydroxyl groups is 1. The summed E-state index contributed by atoms with van der Waals surface area (Å²) in [5, 5.41) is 11.3. The fourth-order valence-corrected chi connectivity index (χ4v) is 0.716. The van der Waals surface area contributed by atoms with Crippen molar-refractivity contribution in [2.45, 2.75) is 18.1 Å². The first-order valence-electron chi connectivity index (χ1n) is 3.85. The summed E-state index contributed by atoms with van der Waals surface area (Å²) in [5.74, 6) is -7.77. The van der Waals surface area contributed by atoms with E-state index in [4.69, 9.17) is 10.8 Å². The first kappa shape index (κ1) is 12.8. The van der Waals surface area contributed by atoms with Gasteiger partial charge < -0.3 is 15.4 Å². The Balaban J connectivity index is 3.02. The maximum absolute atomic E-state index is 12.6. The van der Waals surface area contributed by atoms with Gasteiger partial charge in [0, 0.05) is 0 Å². The van der Waals surface area contributed by atoms with Crippen LogP contribution >= 0.6 is 0 Å². The van der Waals surface area contributed by atoms with E-state index in [1.807, 2.05) is 0 Å². The molecule has 0 amide bonds. The molecule has 0 aromatic carbocycles. The molecule has 1 aromatic rings. The second-order valence-electron chi connectivity index (χ2n) is 2.82. The Bertz CT molecular complexity index is 363. The second kappa shape index (κ2) is 3.94. The standard InChI is InChI=1S/C6H6F5N3O2/c7-5(8,6(9,10)11)4-13-3(14-16-4)2(12)1-15/h2,15H,1,12H2. The molecule has 92 valence electrons. The lowest BCUT2D eigenvalue weighted by atomic mass is 10.3. The van der Waals surface area contributed by atoms with Gasteiger partial charge in [0.2, 0.25) is 0 Å². The third-order valence-corrected chi connectivity index (χ3v) is 1.59. The first-order chi connectivity index (χ1) is 7.20. The molecule has 1 aromatic heterocycles. The van der Waals surface area contributed by atoms with Crippen LogP contribution < -0.4 is 5.73 Å². The molecule has 0 spiro atoms. The van der Waals surface area contributed by atoms with Crippen LogP contribution in [0.25, 0.3) is 0 Å². The summed E-state index contributed by atoms with van der Waals surface area (Å²) >= 11 is 0. The number of nitrogens with zero attached hydrogens (tertiary/aromatic N) is 2. The molecule has 10 heteroatoms. The lowest BCUT2D eigenvalue weighted by Crippen LogP contribution is -2.34. The van der Waals surface area contributed by atoms with E-state index < -0.39 is 36.5 Å². The predicted octanol–water partition coefficient (Wildman–Crippen LogP) is 0.716. The van der Waals surface area contributed by atoms with E-state index in [1.54, 1.807) is 0 Å². The van der Waals surface area contributed by atoms with Crippen molar-refractivity contribution in [1.82, 2.24) is 10.1 Å². The van der Waals surface area contributed by atoms with Crippen LogP contribution in [0.5, 0.6) is 0 Å². The SMILES string of the molecule is NC(CO)c1noc(C(F)(F)C(F)(F)F)n1. The zero-order chi connectivity index (χ0) is 12.6. The summed E-state index contributed by atoms with van der Waals surface area (Å²) in [7, 11) is 0. The van der Waals surface area contributed by atoms with E-state index in [0.29, 0.717) is 0 Å². The van der Waals surface area contributed by atoms with Gasteiger partial charge in [-0.2, -0.15) is 26.9 Å². The Kier molecular flexibility index (Phi) is 3.15. The molecule has 1 unspecified atom stereocenters. The first-order valence-corrected chi connectivity index (χ1v) is 3.85. The molecule has 0 aliphatic heterocycles. The highest BCUT2D eigenvalue weighted by Gasteiger charge is 2.63. The van der Waals surface area contributed by atoms with Crippen LogP contribution in [0.15, 0.2) is 4.52 Å². The summed E-state index contributed by atoms with van der Waals surface area (Å²) < 4.78 is 64.6. The Morgan fingerprint density at radius 3 is 2.31 bits per heavy atom. The zero-order valence-electron chi connectivity index (χ0n) is 7.50. The number of hydrogen-bond acceptors (Lipinski definition) is 5. The van der Waals surface area contributed by atoms with Crippen molar-refractivity contribution in [2.75, 3.05) is 6.61 Å².